The van der Waals surface area contributed by atoms with Crippen LogP contribution in [0.3, 0.4) is 0 Å². The van der Waals surface area contributed by atoms with E-state index in [2.05, 4.69) is 10.0 Å². The van der Waals surface area contributed by atoms with Crippen molar-refractivity contribution in [3.8, 4) is 0 Å². The highest BCUT2D eigenvalue weighted by molar-refractivity contribution is 7.89. The fourth-order valence-electron chi connectivity index (χ4n) is 1.72. The molecule has 2 N–H and O–H groups in total. The minimum atomic E-state index is -3.65. The third-order valence-corrected chi connectivity index (χ3v) is 4.39. The zero-order valence-corrected chi connectivity index (χ0v) is 13.5. The van der Waals surface area contributed by atoms with Crippen LogP contribution in [0.2, 0.25) is 0 Å². The number of hydrogen-bond acceptors (Lipinski definition) is 4. The Balaban J connectivity index is 2.83. The molecule has 21 heavy (non-hydrogen) atoms. The van der Waals surface area contributed by atoms with Gasteiger partial charge in [-0.2, -0.15) is 0 Å². The highest BCUT2D eigenvalue weighted by Gasteiger charge is 2.19. The fraction of sp³-hybridized carbons (Fsp3) is 0.462. The molecule has 0 aliphatic heterocycles. The van der Waals surface area contributed by atoms with Gasteiger partial charge in [0.1, 0.15) is 0 Å². The number of benzene rings is 1. The highest BCUT2D eigenvalue weighted by atomic mass is 35.5. The van der Waals surface area contributed by atoms with Crippen molar-refractivity contribution in [1.82, 2.24) is 4.72 Å². The SMILES string of the molecule is COCC(CCCl)NS(=O)(=O)c1ccc(NC(C)=O)cc1. The third-order valence-electron chi connectivity index (χ3n) is 2.63. The normalized spacial score (nSPS) is 12.9. The molecule has 1 aromatic carbocycles. The fourth-order valence-corrected chi connectivity index (χ4v) is 3.24. The van der Waals surface area contributed by atoms with E-state index in [1.807, 2.05) is 0 Å². The van der Waals surface area contributed by atoms with Gasteiger partial charge in [-0.25, -0.2) is 13.1 Å². The summed E-state index contributed by atoms with van der Waals surface area (Å²) < 4.78 is 32.0. The van der Waals surface area contributed by atoms with Crippen molar-refractivity contribution in [2.75, 3.05) is 24.9 Å². The smallest absolute Gasteiger partial charge is 0.240 e. The first kappa shape index (κ1) is 17.9. The number of nitrogens with one attached hydrogen (secondary N) is 2. The summed E-state index contributed by atoms with van der Waals surface area (Å²) in [6.07, 6.45) is 0.471. The number of ether oxygens (including phenoxy) is 1. The van der Waals surface area contributed by atoms with Gasteiger partial charge in [0.05, 0.1) is 11.5 Å². The summed E-state index contributed by atoms with van der Waals surface area (Å²) in [4.78, 5) is 11.0. The summed E-state index contributed by atoms with van der Waals surface area (Å²) in [5, 5.41) is 2.57. The van der Waals surface area contributed by atoms with Crippen molar-refractivity contribution in [3.05, 3.63) is 24.3 Å². The predicted molar refractivity (Wildman–Crippen MR) is 82.1 cm³/mol. The molecule has 1 atom stereocenters. The summed E-state index contributed by atoms with van der Waals surface area (Å²) in [5.74, 6) is 0.115. The number of methoxy groups -OCH3 is 1. The van der Waals surface area contributed by atoms with Crippen molar-refractivity contribution >= 4 is 33.2 Å². The minimum Gasteiger partial charge on any atom is -0.383 e. The molecule has 1 amide bonds. The number of carbonyl (C=O) groups is 1. The number of amides is 1. The average Bonchev–Trinajstić information content (AvgIpc) is 2.38. The molecule has 0 saturated carbocycles. The molecule has 0 bridgehead atoms. The molecule has 0 aliphatic rings. The molecule has 0 heterocycles. The van der Waals surface area contributed by atoms with E-state index in [1.165, 1.54) is 38.3 Å². The molecule has 8 heteroatoms. The Morgan fingerprint density at radius 2 is 1.95 bits per heavy atom. The number of anilines is 1. The summed E-state index contributed by atoms with van der Waals surface area (Å²) in [7, 11) is -2.15. The van der Waals surface area contributed by atoms with Crippen molar-refractivity contribution < 1.29 is 17.9 Å². The summed E-state index contributed by atoms with van der Waals surface area (Å²) in [5.41, 5.74) is 0.538. The van der Waals surface area contributed by atoms with E-state index in [4.69, 9.17) is 16.3 Å². The number of sulfonamides is 1. The Labute approximate surface area is 129 Å². The van der Waals surface area contributed by atoms with E-state index >= 15 is 0 Å². The number of rotatable bonds is 8. The van der Waals surface area contributed by atoms with Gasteiger partial charge < -0.3 is 10.1 Å². The van der Waals surface area contributed by atoms with Crippen molar-refractivity contribution in [3.63, 3.8) is 0 Å². The molecule has 1 aromatic rings. The van der Waals surface area contributed by atoms with Crippen molar-refractivity contribution in [1.29, 1.82) is 0 Å². The number of alkyl halides is 1. The maximum absolute atomic E-state index is 12.2. The van der Waals surface area contributed by atoms with Crippen LogP contribution in [0.4, 0.5) is 5.69 Å². The van der Waals surface area contributed by atoms with Crippen molar-refractivity contribution in [2.24, 2.45) is 0 Å². The number of halogens is 1. The van der Waals surface area contributed by atoms with Gasteiger partial charge in [-0.15, -0.1) is 11.6 Å². The Morgan fingerprint density at radius 3 is 2.43 bits per heavy atom. The lowest BCUT2D eigenvalue weighted by Gasteiger charge is -2.17. The lowest BCUT2D eigenvalue weighted by molar-refractivity contribution is -0.114. The van der Waals surface area contributed by atoms with E-state index in [9.17, 15) is 13.2 Å². The molecule has 0 fully saturated rings. The van der Waals surface area contributed by atoms with Crippen LogP contribution in [0.1, 0.15) is 13.3 Å². The van der Waals surface area contributed by atoms with Gasteiger partial charge in [-0.05, 0) is 30.7 Å². The Bertz CT molecular complexity index is 554. The van der Waals surface area contributed by atoms with E-state index in [-0.39, 0.29) is 23.5 Å². The molecule has 1 unspecified atom stereocenters. The number of carbonyl (C=O) groups excluding carboxylic acids is 1. The maximum atomic E-state index is 12.2. The summed E-state index contributed by atoms with van der Waals surface area (Å²) in [6.45, 7) is 1.63. The molecule has 0 aromatic heterocycles. The van der Waals surface area contributed by atoms with E-state index in [0.29, 0.717) is 18.0 Å². The van der Waals surface area contributed by atoms with Crippen molar-refractivity contribution in [2.45, 2.75) is 24.3 Å². The van der Waals surface area contributed by atoms with Gasteiger partial charge in [0, 0.05) is 31.6 Å². The first-order valence-electron chi connectivity index (χ1n) is 6.34. The van der Waals surface area contributed by atoms with Gasteiger partial charge in [-0.3, -0.25) is 4.79 Å². The molecule has 1 rings (SSSR count). The van der Waals surface area contributed by atoms with Gasteiger partial charge in [0.15, 0.2) is 0 Å². The third kappa shape index (κ3) is 6.01. The van der Waals surface area contributed by atoms with Gasteiger partial charge >= 0.3 is 0 Å². The average molecular weight is 335 g/mol. The molecule has 0 spiro atoms. The Kier molecular flexibility index (Phi) is 7.10. The molecule has 0 saturated heterocycles. The standard InChI is InChI=1S/C13H19ClN2O4S/c1-10(17)15-11-3-5-13(6-4-11)21(18,19)16-12(7-8-14)9-20-2/h3-6,12,16H,7-9H2,1-2H3,(H,15,17). The van der Waals surface area contributed by atoms with Crippen LogP contribution in [0.25, 0.3) is 0 Å². The molecular formula is C13H19ClN2O4S. The van der Waals surface area contributed by atoms with Crippen LogP contribution in [0.15, 0.2) is 29.2 Å². The topological polar surface area (TPSA) is 84.5 Å². The number of hydrogen-bond donors (Lipinski definition) is 2. The van der Waals surface area contributed by atoms with E-state index < -0.39 is 10.0 Å². The van der Waals surface area contributed by atoms with Gasteiger partial charge in [-0.1, -0.05) is 0 Å². The zero-order chi connectivity index (χ0) is 15.9. The van der Waals surface area contributed by atoms with Crippen LogP contribution < -0.4 is 10.0 Å². The van der Waals surface area contributed by atoms with Crippen LogP contribution >= 0.6 is 11.6 Å². The molecule has 118 valence electrons. The largest absolute Gasteiger partial charge is 0.383 e. The van der Waals surface area contributed by atoms with Crippen LogP contribution in [-0.2, 0) is 19.6 Å². The second-order valence-electron chi connectivity index (χ2n) is 4.46. The lowest BCUT2D eigenvalue weighted by Crippen LogP contribution is -2.38. The summed E-state index contributed by atoms with van der Waals surface area (Å²) >= 11 is 5.65. The first-order chi connectivity index (χ1) is 9.89. The zero-order valence-electron chi connectivity index (χ0n) is 11.9. The molecule has 0 aliphatic carbocycles. The first-order valence-corrected chi connectivity index (χ1v) is 8.35. The highest BCUT2D eigenvalue weighted by Crippen LogP contribution is 2.15. The molecule has 6 nitrogen and oxygen atoms in total. The van der Waals surface area contributed by atoms with Crippen LogP contribution in [0, 0.1) is 0 Å². The molecule has 0 radical (unpaired) electrons. The Hall–Kier alpha value is -1.15. The second kappa shape index (κ2) is 8.33. The maximum Gasteiger partial charge on any atom is 0.240 e. The minimum absolute atomic E-state index is 0.118. The van der Waals surface area contributed by atoms with Crippen LogP contribution in [-0.4, -0.2) is 40.0 Å². The van der Waals surface area contributed by atoms with Gasteiger partial charge in [0.25, 0.3) is 0 Å². The monoisotopic (exact) mass is 334 g/mol. The van der Waals surface area contributed by atoms with Gasteiger partial charge in [0.2, 0.25) is 15.9 Å². The Morgan fingerprint density at radius 1 is 1.33 bits per heavy atom. The predicted octanol–water partition coefficient (Wildman–Crippen LogP) is 1.57. The second-order valence-corrected chi connectivity index (χ2v) is 6.55. The molecular weight excluding hydrogens is 316 g/mol. The quantitative estimate of drug-likeness (QED) is 0.707. The lowest BCUT2D eigenvalue weighted by atomic mass is 10.3. The van der Waals surface area contributed by atoms with E-state index in [0.717, 1.165) is 0 Å². The summed E-state index contributed by atoms with van der Waals surface area (Å²) in [6, 6.07) is 5.54. The van der Waals surface area contributed by atoms with Crippen LogP contribution in [0.5, 0.6) is 0 Å². The van der Waals surface area contributed by atoms with E-state index in [1.54, 1.807) is 0 Å².